The zero-order valence-corrected chi connectivity index (χ0v) is 17.6. The summed E-state index contributed by atoms with van der Waals surface area (Å²) in [7, 11) is 0. The van der Waals surface area contributed by atoms with Crippen LogP contribution in [0.3, 0.4) is 0 Å². The van der Waals surface area contributed by atoms with E-state index in [4.69, 9.17) is 12.2 Å². The van der Waals surface area contributed by atoms with Crippen LogP contribution < -0.4 is 16.0 Å². The van der Waals surface area contributed by atoms with E-state index in [0.29, 0.717) is 16.5 Å². The standard InChI is InChI=1S/C21H22N4OS2/c1-13-4-9-18(14(2)10-13)15(3)23-21(27)25-17-7-5-16(6-8-17)24-20(26)19-11-28-12-22-19/h4-12,15H,1-3H3,(H,24,26)(H2,23,25,27). The van der Waals surface area contributed by atoms with E-state index < -0.39 is 0 Å². The number of benzene rings is 2. The number of hydrogen-bond donors (Lipinski definition) is 3. The van der Waals surface area contributed by atoms with Crippen molar-refractivity contribution in [3.8, 4) is 0 Å². The van der Waals surface area contributed by atoms with Gasteiger partial charge in [-0.05, 0) is 68.4 Å². The molecule has 1 aromatic heterocycles. The first-order valence-electron chi connectivity index (χ1n) is 8.86. The molecule has 28 heavy (non-hydrogen) atoms. The van der Waals surface area contributed by atoms with Gasteiger partial charge in [-0.25, -0.2) is 4.98 Å². The lowest BCUT2D eigenvalue weighted by Crippen LogP contribution is -2.31. The molecule has 7 heteroatoms. The molecular weight excluding hydrogens is 388 g/mol. The van der Waals surface area contributed by atoms with Crippen LogP contribution in [0.4, 0.5) is 11.4 Å². The third-order valence-electron chi connectivity index (χ3n) is 4.31. The maximum Gasteiger partial charge on any atom is 0.275 e. The number of carbonyl (C=O) groups is 1. The van der Waals surface area contributed by atoms with E-state index in [0.717, 1.165) is 5.69 Å². The second kappa shape index (κ2) is 8.95. The predicted molar refractivity (Wildman–Crippen MR) is 120 cm³/mol. The van der Waals surface area contributed by atoms with E-state index in [1.165, 1.54) is 28.0 Å². The molecule has 0 aliphatic heterocycles. The molecular formula is C21H22N4OS2. The van der Waals surface area contributed by atoms with Crippen LogP contribution >= 0.6 is 23.6 Å². The van der Waals surface area contributed by atoms with E-state index in [9.17, 15) is 4.79 Å². The van der Waals surface area contributed by atoms with Crippen molar-refractivity contribution in [3.05, 3.63) is 75.7 Å². The number of aryl methyl sites for hydroxylation is 2. The Kier molecular flexibility index (Phi) is 6.38. The van der Waals surface area contributed by atoms with Gasteiger partial charge in [0, 0.05) is 16.8 Å². The Labute approximate surface area is 174 Å². The van der Waals surface area contributed by atoms with Crippen LogP contribution in [-0.2, 0) is 0 Å². The molecule has 0 aliphatic rings. The molecule has 0 radical (unpaired) electrons. The highest BCUT2D eigenvalue weighted by molar-refractivity contribution is 7.80. The Bertz CT molecular complexity index is 969. The zero-order valence-electron chi connectivity index (χ0n) is 15.9. The number of thiocarbonyl (C=S) groups is 1. The van der Waals surface area contributed by atoms with Crippen molar-refractivity contribution < 1.29 is 4.79 Å². The molecule has 0 bridgehead atoms. The van der Waals surface area contributed by atoms with Gasteiger partial charge >= 0.3 is 0 Å². The molecule has 144 valence electrons. The van der Waals surface area contributed by atoms with Gasteiger partial charge < -0.3 is 16.0 Å². The van der Waals surface area contributed by atoms with Gasteiger partial charge in [0.1, 0.15) is 5.69 Å². The molecule has 1 atom stereocenters. The summed E-state index contributed by atoms with van der Waals surface area (Å²) >= 11 is 6.83. The van der Waals surface area contributed by atoms with Crippen molar-refractivity contribution >= 4 is 45.9 Å². The van der Waals surface area contributed by atoms with Gasteiger partial charge in [-0.3, -0.25) is 4.79 Å². The summed E-state index contributed by atoms with van der Waals surface area (Å²) in [5, 5.41) is 11.6. The van der Waals surface area contributed by atoms with Crippen LogP contribution in [0.2, 0.25) is 0 Å². The van der Waals surface area contributed by atoms with Gasteiger partial charge in [0.05, 0.1) is 11.6 Å². The molecule has 0 spiro atoms. The average Bonchev–Trinajstić information content (AvgIpc) is 3.18. The first kappa shape index (κ1) is 20.0. The van der Waals surface area contributed by atoms with E-state index in [-0.39, 0.29) is 11.9 Å². The molecule has 3 rings (SSSR count). The van der Waals surface area contributed by atoms with Gasteiger partial charge in [-0.15, -0.1) is 11.3 Å². The summed E-state index contributed by atoms with van der Waals surface area (Å²) in [4.78, 5) is 16.0. The lowest BCUT2D eigenvalue weighted by atomic mass is 10.0. The van der Waals surface area contributed by atoms with Gasteiger partial charge in [0.15, 0.2) is 5.11 Å². The highest BCUT2D eigenvalue weighted by Crippen LogP contribution is 2.19. The molecule has 5 nitrogen and oxygen atoms in total. The molecule has 3 aromatic rings. The molecule has 0 fully saturated rings. The summed E-state index contributed by atoms with van der Waals surface area (Å²) < 4.78 is 0. The average molecular weight is 411 g/mol. The zero-order chi connectivity index (χ0) is 20.1. The number of carbonyl (C=O) groups excluding carboxylic acids is 1. The van der Waals surface area contributed by atoms with E-state index >= 15 is 0 Å². The Morgan fingerprint density at radius 3 is 2.36 bits per heavy atom. The van der Waals surface area contributed by atoms with Crippen molar-refractivity contribution in [1.82, 2.24) is 10.3 Å². The number of rotatable bonds is 5. The molecule has 2 aromatic carbocycles. The molecule has 1 heterocycles. The van der Waals surface area contributed by atoms with Crippen LogP contribution in [0.1, 0.15) is 40.1 Å². The quantitative estimate of drug-likeness (QED) is 0.513. The van der Waals surface area contributed by atoms with Crippen molar-refractivity contribution in [2.24, 2.45) is 0 Å². The number of anilines is 2. The fraction of sp³-hybridized carbons (Fsp3) is 0.190. The normalized spacial score (nSPS) is 11.5. The summed E-state index contributed by atoms with van der Waals surface area (Å²) in [5.41, 5.74) is 7.30. The monoisotopic (exact) mass is 410 g/mol. The van der Waals surface area contributed by atoms with Gasteiger partial charge in [-0.1, -0.05) is 23.8 Å². The molecule has 0 saturated carbocycles. The lowest BCUT2D eigenvalue weighted by Gasteiger charge is -2.19. The summed E-state index contributed by atoms with van der Waals surface area (Å²) in [6.07, 6.45) is 0. The molecule has 1 amide bonds. The number of nitrogens with zero attached hydrogens (tertiary/aromatic N) is 1. The molecule has 1 unspecified atom stereocenters. The lowest BCUT2D eigenvalue weighted by molar-refractivity contribution is 0.102. The van der Waals surface area contributed by atoms with Crippen LogP contribution in [0, 0.1) is 13.8 Å². The van der Waals surface area contributed by atoms with E-state index in [1.54, 1.807) is 10.9 Å². The maximum absolute atomic E-state index is 12.0. The highest BCUT2D eigenvalue weighted by atomic mass is 32.1. The Morgan fingerprint density at radius 1 is 1.07 bits per heavy atom. The maximum atomic E-state index is 12.0. The minimum Gasteiger partial charge on any atom is -0.356 e. The Morgan fingerprint density at radius 2 is 1.75 bits per heavy atom. The fourth-order valence-electron chi connectivity index (χ4n) is 2.91. The minimum atomic E-state index is -0.221. The minimum absolute atomic E-state index is 0.0947. The summed E-state index contributed by atoms with van der Waals surface area (Å²) in [6.45, 7) is 6.28. The Hall–Kier alpha value is -2.77. The predicted octanol–water partition coefficient (Wildman–Crippen LogP) is 5.06. The van der Waals surface area contributed by atoms with Gasteiger partial charge in [-0.2, -0.15) is 0 Å². The molecule has 0 saturated heterocycles. The SMILES string of the molecule is Cc1ccc(C(C)NC(=S)Nc2ccc(NC(=O)c3cscn3)cc2)c(C)c1. The molecule has 3 N–H and O–H groups in total. The second-order valence-corrected chi connectivity index (χ2v) is 7.71. The summed E-state index contributed by atoms with van der Waals surface area (Å²) in [6, 6.07) is 13.9. The van der Waals surface area contributed by atoms with Crippen LogP contribution in [-0.4, -0.2) is 16.0 Å². The van der Waals surface area contributed by atoms with Gasteiger partial charge in [0.25, 0.3) is 5.91 Å². The number of hydrogen-bond acceptors (Lipinski definition) is 4. The van der Waals surface area contributed by atoms with Gasteiger partial charge in [0.2, 0.25) is 0 Å². The van der Waals surface area contributed by atoms with E-state index in [2.05, 4.69) is 59.9 Å². The van der Waals surface area contributed by atoms with Crippen LogP contribution in [0.15, 0.2) is 53.4 Å². The third-order valence-corrected chi connectivity index (χ3v) is 5.11. The van der Waals surface area contributed by atoms with Crippen molar-refractivity contribution in [1.29, 1.82) is 0 Å². The second-order valence-electron chi connectivity index (χ2n) is 6.59. The van der Waals surface area contributed by atoms with Crippen LogP contribution in [0.5, 0.6) is 0 Å². The number of amides is 1. The number of nitrogens with one attached hydrogen (secondary N) is 3. The van der Waals surface area contributed by atoms with E-state index in [1.807, 2.05) is 24.3 Å². The summed E-state index contributed by atoms with van der Waals surface area (Å²) in [5.74, 6) is -0.221. The smallest absolute Gasteiger partial charge is 0.275 e. The fourth-order valence-corrected chi connectivity index (χ4v) is 3.74. The van der Waals surface area contributed by atoms with Crippen LogP contribution in [0.25, 0.3) is 0 Å². The van der Waals surface area contributed by atoms with Crippen molar-refractivity contribution in [2.75, 3.05) is 10.6 Å². The topological polar surface area (TPSA) is 66.0 Å². The third kappa shape index (κ3) is 5.15. The van der Waals surface area contributed by atoms with Crippen molar-refractivity contribution in [3.63, 3.8) is 0 Å². The number of aromatic nitrogens is 1. The first-order valence-corrected chi connectivity index (χ1v) is 10.2. The number of thiazole rings is 1. The molecule has 0 aliphatic carbocycles. The largest absolute Gasteiger partial charge is 0.356 e. The Balaban J connectivity index is 1.56. The highest BCUT2D eigenvalue weighted by Gasteiger charge is 2.11. The van der Waals surface area contributed by atoms with Crippen molar-refractivity contribution in [2.45, 2.75) is 26.8 Å². The first-order chi connectivity index (χ1) is 13.4.